The zero-order valence-corrected chi connectivity index (χ0v) is 14.0. The molecule has 0 aliphatic heterocycles. The van der Waals surface area contributed by atoms with Crippen LogP contribution in [0.2, 0.25) is 0 Å². The number of H-pyrrole nitrogens is 1. The van der Waals surface area contributed by atoms with Crippen LogP contribution in [-0.2, 0) is 6.54 Å². The topological polar surface area (TPSA) is 92.2 Å². The Labute approximate surface area is 148 Å². The number of nitrogens with one attached hydrogen (secondary N) is 1. The lowest BCUT2D eigenvalue weighted by Gasteiger charge is -2.08. The molecule has 0 fully saturated rings. The van der Waals surface area contributed by atoms with E-state index in [2.05, 4.69) is 4.98 Å². The Bertz CT molecular complexity index is 1300. The maximum atomic E-state index is 13.6. The van der Waals surface area contributed by atoms with Crippen LogP contribution in [0.5, 0.6) is 0 Å². The summed E-state index contributed by atoms with van der Waals surface area (Å²) in [5.41, 5.74) is -1.09. The van der Waals surface area contributed by atoms with E-state index in [4.69, 9.17) is 5.11 Å². The molecule has 0 saturated heterocycles. The van der Waals surface area contributed by atoms with E-state index in [9.17, 15) is 18.8 Å². The molecule has 0 bridgehead atoms. The van der Waals surface area contributed by atoms with Gasteiger partial charge in [0.1, 0.15) is 10.6 Å². The second-order valence-electron chi connectivity index (χ2n) is 5.74. The van der Waals surface area contributed by atoms with Crippen molar-refractivity contribution in [2.45, 2.75) is 6.54 Å². The predicted molar refractivity (Wildman–Crippen MR) is 96.7 cm³/mol. The number of benzene rings is 2. The lowest BCUT2D eigenvalue weighted by Crippen LogP contribution is -2.30. The summed E-state index contributed by atoms with van der Waals surface area (Å²) in [7, 11) is 0. The number of halogens is 1. The van der Waals surface area contributed by atoms with E-state index in [-0.39, 0.29) is 6.54 Å². The van der Waals surface area contributed by atoms with Crippen molar-refractivity contribution in [2.24, 2.45) is 0 Å². The molecule has 2 heterocycles. The fourth-order valence-corrected chi connectivity index (χ4v) is 4.12. The molecular weight excluding hydrogens is 359 g/mol. The number of carboxylic acid groups (broad SMARTS) is 1. The minimum absolute atomic E-state index is 0.0134. The van der Waals surface area contributed by atoms with Crippen LogP contribution >= 0.6 is 11.3 Å². The highest BCUT2D eigenvalue weighted by molar-refractivity contribution is 7.25. The predicted octanol–water partition coefficient (Wildman–Crippen LogP) is 2.79. The molecule has 0 aliphatic carbocycles. The van der Waals surface area contributed by atoms with Gasteiger partial charge >= 0.3 is 11.7 Å². The Hall–Kier alpha value is -3.26. The third-order valence-electron chi connectivity index (χ3n) is 4.12. The fourth-order valence-electron chi connectivity index (χ4n) is 2.92. The SMILES string of the molecule is O=C(O)c1cc(Cn2c(=O)[nH]c(=O)c3c4ccccc4sc32)ccc1F. The molecule has 4 rings (SSSR count). The second kappa shape index (κ2) is 5.92. The molecule has 0 amide bonds. The van der Waals surface area contributed by atoms with Crippen LogP contribution in [0.25, 0.3) is 20.3 Å². The molecule has 0 atom stereocenters. The maximum Gasteiger partial charge on any atom is 0.338 e. The number of aromatic amines is 1. The maximum absolute atomic E-state index is 13.6. The van der Waals surface area contributed by atoms with E-state index in [0.717, 1.165) is 16.2 Å². The van der Waals surface area contributed by atoms with Crippen LogP contribution in [0.15, 0.2) is 52.1 Å². The Morgan fingerprint density at radius 1 is 1.19 bits per heavy atom. The number of thiophene rings is 1. The third-order valence-corrected chi connectivity index (χ3v) is 5.31. The molecule has 2 N–H and O–H groups in total. The quantitative estimate of drug-likeness (QED) is 0.580. The van der Waals surface area contributed by atoms with Crippen LogP contribution in [0.1, 0.15) is 15.9 Å². The molecule has 4 aromatic rings. The van der Waals surface area contributed by atoms with Crippen LogP contribution in [0.3, 0.4) is 0 Å². The Morgan fingerprint density at radius 2 is 1.96 bits per heavy atom. The monoisotopic (exact) mass is 370 g/mol. The molecule has 2 aromatic carbocycles. The number of fused-ring (bicyclic) bond motifs is 3. The summed E-state index contributed by atoms with van der Waals surface area (Å²) in [5, 5.41) is 10.2. The number of nitrogens with zero attached hydrogens (tertiary/aromatic N) is 1. The Morgan fingerprint density at radius 3 is 2.73 bits per heavy atom. The molecule has 0 radical (unpaired) electrons. The summed E-state index contributed by atoms with van der Waals surface area (Å²) in [6, 6.07) is 11.0. The van der Waals surface area contributed by atoms with Gasteiger partial charge in [-0.25, -0.2) is 14.0 Å². The molecule has 2 aromatic heterocycles. The Kier molecular flexibility index (Phi) is 3.69. The minimum Gasteiger partial charge on any atom is -0.478 e. The normalized spacial score (nSPS) is 11.3. The average molecular weight is 370 g/mol. The van der Waals surface area contributed by atoms with Gasteiger partial charge in [-0.1, -0.05) is 24.3 Å². The number of aromatic nitrogens is 2. The van der Waals surface area contributed by atoms with Crippen LogP contribution in [0.4, 0.5) is 4.39 Å². The summed E-state index contributed by atoms with van der Waals surface area (Å²) >= 11 is 1.30. The smallest absolute Gasteiger partial charge is 0.338 e. The highest BCUT2D eigenvalue weighted by atomic mass is 32.1. The minimum atomic E-state index is -1.38. The van der Waals surface area contributed by atoms with Gasteiger partial charge in [0.05, 0.1) is 17.5 Å². The second-order valence-corrected chi connectivity index (χ2v) is 6.77. The molecular formula is C18H11FN2O4S. The number of hydrogen-bond acceptors (Lipinski definition) is 4. The average Bonchev–Trinajstić information content (AvgIpc) is 2.99. The van der Waals surface area contributed by atoms with E-state index in [1.54, 1.807) is 6.07 Å². The largest absolute Gasteiger partial charge is 0.478 e. The van der Waals surface area contributed by atoms with Crippen molar-refractivity contribution in [3.8, 4) is 0 Å². The molecule has 0 unspecified atom stereocenters. The lowest BCUT2D eigenvalue weighted by molar-refractivity contribution is 0.0691. The molecule has 130 valence electrons. The first kappa shape index (κ1) is 16.2. The zero-order valence-electron chi connectivity index (χ0n) is 13.2. The van der Waals surface area contributed by atoms with Gasteiger partial charge in [-0.05, 0) is 23.8 Å². The first-order valence-corrected chi connectivity index (χ1v) is 8.43. The van der Waals surface area contributed by atoms with E-state index in [0.29, 0.717) is 15.8 Å². The molecule has 0 saturated carbocycles. The standard InChI is InChI=1S/C18H11FN2O4S/c19-12-6-5-9(7-11(12)17(23)24)8-21-16-14(15(22)20-18(21)25)10-3-1-2-4-13(10)26-16/h1-7H,8H2,(H,23,24)(H,20,22,25). The van der Waals surface area contributed by atoms with Crippen molar-refractivity contribution in [1.82, 2.24) is 9.55 Å². The highest BCUT2D eigenvalue weighted by Gasteiger charge is 2.16. The van der Waals surface area contributed by atoms with Gasteiger partial charge in [0.25, 0.3) is 5.56 Å². The van der Waals surface area contributed by atoms with Crippen molar-refractivity contribution >= 4 is 37.6 Å². The van der Waals surface area contributed by atoms with Crippen molar-refractivity contribution < 1.29 is 14.3 Å². The summed E-state index contributed by atoms with van der Waals surface area (Å²) in [5.74, 6) is -2.23. The van der Waals surface area contributed by atoms with Crippen molar-refractivity contribution in [3.63, 3.8) is 0 Å². The van der Waals surface area contributed by atoms with Gasteiger partial charge in [-0.2, -0.15) is 0 Å². The lowest BCUT2D eigenvalue weighted by atomic mass is 10.1. The summed E-state index contributed by atoms with van der Waals surface area (Å²) < 4.78 is 15.8. The van der Waals surface area contributed by atoms with Gasteiger partial charge in [-0.15, -0.1) is 11.3 Å². The van der Waals surface area contributed by atoms with E-state index < -0.39 is 28.6 Å². The number of rotatable bonds is 3. The summed E-state index contributed by atoms with van der Waals surface area (Å²) in [4.78, 5) is 38.5. The van der Waals surface area contributed by atoms with Gasteiger partial charge in [-0.3, -0.25) is 14.3 Å². The van der Waals surface area contributed by atoms with Crippen molar-refractivity contribution in [3.05, 3.63) is 80.2 Å². The van der Waals surface area contributed by atoms with Gasteiger partial charge in [0.15, 0.2) is 0 Å². The number of carbonyl (C=O) groups is 1. The Balaban J connectivity index is 1.95. The molecule has 6 nitrogen and oxygen atoms in total. The highest BCUT2D eigenvalue weighted by Crippen LogP contribution is 2.30. The van der Waals surface area contributed by atoms with Gasteiger partial charge in [0.2, 0.25) is 0 Å². The molecule has 8 heteroatoms. The molecule has 0 aliphatic rings. The van der Waals surface area contributed by atoms with Gasteiger partial charge in [0, 0.05) is 10.1 Å². The fraction of sp³-hybridized carbons (Fsp3) is 0.0556. The first-order chi connectivity index (χ1) is 12.5. The van der Waals surface area contributed by atoms with Crippen molar-refractivity contribution in [1.29, 1.82) is 0 Å². The first-order valence-electron chi connectivity index (χ1n) is 7.62. The summed E-state index contributed by atoms with van der Waals surface area (Å²) in [6.07, 6.45) is 0. The van der Waals surface area contributed by atoms with Crippen LogP contribution in [0, 0.1) is 5.82 Å². The summed E-state index contributed by atoms with van der Waals surface area (Å²) in [6.45, 7) is 0.0134. The number of hydrogen-bond donors (Lipinski definition) is 2. The van der Waals surface area contributed by atoms with E-state index >= 15 is 0 Å². The van der Waals surface area contributed by atoms with Crippen LogP contribution < -0.4 is 11.2 Å². The van der Waals surface area contributed by atoms with E-state index in [1.165, 1.54) is 28.0 Å². The van der Waals surface area contributed by atoms with Gasteiger partial charge < -0.3 is 5.11 Å². The zero-order chi connectivity index (χ0) is 18.4. The van der Waals surface area contributed by atoms with E-state index in [1.807, 2.05) is 18.2 Å². The van der Waals surface area contributed by atoms with Crippen LogP contribution in [-0.4, -0.2) is 20.6 Å². The van der Waals surface area contributed by atoms with Crippen molar-refractivity contribution in [2.75, 3.05) is 0 Å². The number of aromatic carboxylic acids is 1. The molecule has 0 spiro atoms. The third kappa shape index (κ3) is 2.51. The number of carboxylic acids is 1. The molecule has 26 heavy (non-hydrogen) atoms.